The van der Waals surface area contributed by atoms with E-state index in [0.717, 1.165) is 11.3 Å². The highest BCUT2D eigenvalue weighted by Crippen LogP contribution is 2.31. The fourth-order valence-electron chi connectivity index (χ4n) is 3.19. The summed E-state index contributed by atoms with van der Waals surface area (Å²) in [6.45, 7) is 6.35. The van der Waals surface area contributed by atoms with Crippen molar-refractivity contribution in [3.05, 3.63) is 23.8 Å². The fraction of sp³-hybridized carbons (Fsp3) is 0.556. The number of hydrogen-bond donors (Lipinski definition) is 0. The van der Waals surface area contributed by atoms with Crippen molar-refractivity contribution >= 4 is 27.7 Å². The van der Waals surface area contributed by atoms with Crippen LogP contribution in [-0.4, -0.2) is 68.5 Å². The summed E-state index contributed by atoms with van der Waals surface area (Å²) < 4.78 is 32.6. The standard InChI is InChI=1S/C18H25N3O5S/c1-18(2,3)26-17(23)20-7-9-21(10-8-20)27(24,25)14-5-6-15-13(11-14)12-16(22)19(15)4/h5-6,11H,7-10,12H2,1-4H3. The zero-order valence-corrected chi connectivity index (χ0v) is 16.9. The molecular weight excluding hydrogens is 370 g/mol. The number of rotatable bonds is 2. The van der Waals surface area contributed by atoms with Crippen molar-refractivity contribution in [3.63, 3.8) is 0 Å². The lowest BCUT2D eigenvalue weighted by atomic mass is 10.2. The number of benzene rings is 1. The molecule has 1 fully saturated rings. The van der Waals surface area contributed by atoms with Gasteiger partial charge in [-0.1, -0.05) is 0 Å². The van der Waals surface area contributed by atoms with Gasteiger partial charge in [-0.25, -0.2) is 13.2 Å². The van der Waals surface area contributed by atoms with Crippen LogP contribution in [0.2, 0.25) is 0 Å². The molecule has 0 aromatic heterocycles. The lowest BCUT2D eigenvalue weighted by Gasteiger charge is -2.35. The Labute approximate surface area is 159 Å². The summed E-state index contributed by atoms with van der Waals surface area (Å²) in [5, 5.41) is 0. The molecule has 3 rings (SSSR count). The Balaban J connectivity index is 1.70. The molecule has 2 amide bonds. The first-order valence-electron chi connectivity index (χ1n) is 8.86. The molecule has 1 aromatic rings. The lowest BCUT2D eigenvalue weighted by Crippen LogP contribution is -2.51. The summed E-state index contributed by atoms with van der Waals surface area (Å²) >= 11 is 0. The van der Waals surface area contributed by atoms with Crippen LogP contribution in [-0.2, 0) is 26.0 Å². The van der Waals surface area contributed by atoms with Gasteiger partial charge in [-0.2, -0.15) is 4.31 Å². The Bertz CT molecular complexity index is 867. The van der Waals surface area contributed by atoms with Crippen LogP contribution in [0.15, 0.2) is 23.1 Å². The molecule has 2 heterocycles. The fourth-order valence-corrected chi connectivity index (χ4v) is 4.67. The predicted molar refractivity (Wildman–Crippen MR) is 100 cm³/mol. The summed E-state index contributed by atoms with van der Waals surface area (Å²) in [5.41, 5.74) is 0.875. The van der Waals surface area contributed by atoms with Gasteiger partial charge >= 0.3 is 6.09 Å². The zero-order chi connectivity index (χ0) is 20.0. The van der Waals surface area contributed by atoms with E-state index in [1.807, 2.05) is 0 Å². The maximum absolute atomic E-state index is 12.9. The first kappa shape index (κ1) is 19.6. The summed E-state index contributed by atoms with van der Waals surface area (Å²) in [4.78, 5) is 27.2. The first-order chi connectivity index (χ1) is 12.5. The average Bonchev–Trinajstić information content (AvgIpc) is 2.87. The molecule has 27 heavy (non-hydrogen) atoms. The third kappa shape index (κ3) is 3.93. The number of hydrogen-bond acceptors (Lipinski definition) is 5. The third-order valence-electron chi connectivity index (χ3n) is 4.66. The first-order valence-corrected chi connectivity index (χ1v) is 10.3. The topological polar surface area (TPSA) is 87.2 Å². The number of nitrogens with zero attached hydrogens (tertiary/aromatic N) is 3. The average molecular weight is 395 g/mol. The second kappa shape index (κ2) is 6.79. The van der Waals surface area contributed by atoms with Crippen LogP contribution < -0.4 is 4.90 Å². The number of likely N-dealkylation sites (N-methyl/N-ethyl adjacent to an activating group) is 1. The van der Waals surface area contributed by atoms with Gasteiger partial charge in [0, 0.05) is 38.9 Å². The molecule has 0 unspecified atom stereocenters. The van der Waals surface area contributed by atoms with Crippen molar-refractivity contribution in [2.45, 2.75) is 37.7 Å². The molecule has 0 aliphatic carbocycles. The molecule has 9 heteroatoms. The van der Waals surface area contributed by atoms with E-state index in [1.165, 1.54) is 20.2 Å². The summed E-state index contributed by atoms with van der Waals surface area (Å²) in [7, 11) is -2.00. The van der Waals surface area contributed by atoms with E-state index < -0.39 is 21.7 Å². The highest BCUT2D eigenvalue weighted by molar-refractivity contribution is 7.89. The minimum absolute atomic E-state index is 0.0504. The zero-order valence-electron chi connectivity index (χ0n) is 16.1. The third-order valence-corrected chi connectivity index (χ3v) is 6.55. The van der Waals surface area contributed by atoms with E-state index in [4.69, 9.17) is 4.74 Å². The smallest absolute Gasteiger partial charge is 0.410 e. The number of anilines is 1. The Morgan fingerprint density at radius 2 is 1.74 bits per heavy atom. The molecule has 0 spiro atoms. The predicted octanol–water partition coefficient (Wildman–Crippen LogP) is 1.45. The molecule has 2 aliphatic heterocycles. The number of piperazine rings is 1. The van der Waals surface area contributed by atoms with E-state index in [2.05, 4.69) is 0 Å². The van der Waals surface area contributed by atoms with E-state index in [0.29, 0.717) is 0 Å². The van der Waals surface area contributed by atoms with E-state index >= 15 is 0 Å². The van der Waals surface area contributed by atoms with Crippen molar-refractivity contribution in [2.24, 2.45) is 0 Å². The van der Waals surface area contributed by atoms with Crippen molar-refractivity contribution in [1.29, 1.82) is 0 Å². The van der Waals surface area contributed by atoms with Crippen LogP contribution in [0.5, 0.6) is 0 Å². The Kier molecular flexibility index (Phi) is 4.94. The SMILES string of the molecule is CN1C(=O)Cc2cc(S(=O)(=O)N3CCN(C(=O)OC(C)(C)C)CC3)ccc21. The van der Waals surface area contributed by atoms with Crippen LogP contribution >= 0.6 is 0 Å². The number of carbonyl (C=O) groups is 2. The molecule has 0 saturated carbocycles. The van der Waals surface area contributed by atoms with Gasteiger partial charge in [-0.15, -0.1) is 0 Å². The second-order valence-corrected chi connectivity index (χ2v) is 9.73. The Morgan fingerprint density at radius 1 is 1.11 bits per heavy atom. The van der Waals surface area contributed by atoms with Crippen LogP contribution in [0, 0.1) is 0 Å². The largest absolute Gasteiger partial charge is 0.444 e. The van der Waals surface area contributed by atoms with Gasteiger partial charge in [0.2, 0.25) is 15.9 Å². The molecular formula is C18H25N3O5S. The summed E-state index contributed by atoms with van der Waals surface area (Å²) in [6.07, 6.45) is -0.222. The van der Waals surface area contributed by atoms with Crippen molar-refractivity contribution in [2.75, 3.05) is 38.1 Å². The van der Waals surface area contributed by atoms with Crippen LogP contribution in [0.25, 0.3) is 0 Å². The minimum Gasteiger partial charge on any atom is -0.444 e. The highest BCUT2D eigenvalue weighted by Gasteiger charge is 2.33. The van der Waals surface area contributed by atoms with Gasteiger partial charge in [0.05, 0.1) is 11.3 Å². The molecule has 0 radical (unpaired) electrons. The van der Waals surface area contributed by atoms with E-state index in [1.54, 1.807) is 40.0 Å². The quantitative estimate of drug-likeness (QED) is 0.756. The van der Waals surface area contributed by atoms with Gasteiger partial charge in [0.1, 0.15) is 5.60 Å². The maximum atomic E-state index is 12.9. The molecule has 8 nitrogen and oxygen atoms in total. The van der Waals surface area contributed by atoms with Crippen LogP contribution in [0.3, 0.4) is 0 Å². The van der Waals surface area contributed by atoms with Crippen molar-refractivity contribution in [3.8, 4) is 0 Å². The summed E-state index contributed by atoms with van der Waals surface area (Å²) in [6, 6.07) is 4.78. The van der Waals surface area contributed by atoms with Crippen LogP contribution in [0.1, 0.15) is 26.3 Å². The second-order valence-electron chi connectivity index (χ2n) is 7.79. The number of amides is 2. The number of carbonyl (C=O) groups excluding carboxylic acids is 2. The molecule has 1 saturated heterocycles. The lowest BCUT2D eigenvalue weighted by molar-refractivity contribution is -0.117. The minimum atomic E-state index is -3.68. The number of ether oxygens (including phenoxy) is 1. The van der Waals surface area contributed by atoms with E-state index in [9.17, 15) is 18.0 Å². The monoisotopic (exact) mass is 395 g/mol. The van der Waals surface area contributed by atoms with Crippen molar-refractivity contribution < 1.29 is 22.7 Å². The molecule has 0 atom stereocenters. The molecule has 2 aliphatic rings. The molecule has 1 aromatic carbocycles. The van der Waals surface area contributed by atoms with Gasteiger partial charge < -0.3 is 14.5 Å². The van der Waals surface area contributed by atoms with Crippen molar-refractivity contribution in [1.82, 2.24) is 9.21 Å². The van der Waals surface area contributed by atoms with E-state index in [-0.39, 0.29) is 43.4 Å². The summed E-state index contributed by atoms with van der Waals surface area (Å²) in [5.74, 6) is -0.0504. The number of sulfonamides is 1. The van der Waals surface area contributed by atoms with Gasteiger partial charge in [0.15, 0.2) is 0 Å². The Morgan fingerprint density at radius 3 is 2.33 bits per heavy atom. The highest BCUT2D eigenvalue weighted by atomic mass is 32.2. The maximum Gasteiger partial charge on any atom is 0.410 e. The molecule has 0 N–H and O–H groups in total. The van der Waals surface area contributed by atoms with Gasteiger partial charge in [0.25, 0.3) is 0 Å². The van der Waals surface area contributed by atoms with Gasteiger partial charge in [-0.3, -0.25) is 4.79 Å². The van der Waals surface area contributed by atoms with Gasteiger partial charge in [-0.05, 0) is 44.5 Å². The molecule has 148 valence electrons. The number of fused-ring (bicyclic) bond motifs is 1. The Hall–Kier alpha value is -2.13. The van der Waals surface area contributed by atoms with Crippen LogP contribution in [0.4, 0.5) is 10.5 Å². The molecule has 0 bridgehead atoms. The normalized spacial score (nSPS) is 18.6.